The lowest BCUT2D eigenvalue weighted by Crippen LogP contribution is -2.51. The van der Waals surface area contributed by atoms with E-state index in [-0.39, 0.29) is 11.8 Å². The molecule has 1 aromatic rings. The van der Waals surface area contributed by atoms with Gasteiger partial charge in [0.05, 0.1) is 7.11 Å². The van der Waals surface area contributed by atoms with Crippen LogP contribution in [0, 0.1) is 11.3 Å². The molecule has 5 nitrogen and oxygen atoms in total. The number of rotatable bonds is 6. The Morgan fingerprint density at radius 3 is 2.52 bits per heavy atom. The standard InChI is InChI=1S/C20H30N2O3/c1-15-10-13-22(14-11-15)19(24)20(2,3)18(23)21-12-9-16-7-5-6-8-17(16)25-4/h5-8,15H,9-14H2,1-4H3,(H,21,23). The molecule has 1 aliphatic rings. The number of piperidine rings is 1. The van der Waals surface area contributed by atoms with Gasteiger partial charge >= 0.3 is 0 Å². The predicted molar refractivity (Wildman–Crippen MR) is 98.5 cm³/mol. The molecule has 0 aromatic heterocycles. The van der Waals surface area contributed by atoms with Crippen LogP contribution in [-0.2, 0) is 16.0 Å². The molecule has 1 N–H and O–H groups in total. The van der Waals surface area contributed by atoms with Gasteiger partial charge in [0.1, 0.15) is 11.2 Å². The summed E-state index contributed by atoms with van der Waals surface area (Å²) in [6.07, 6.45) is 2.69. The van der Waals surface area contributed by atoms with Crippen molar-refractivity contribution in [3.05, 3.63) is 29.8 Å². The second-order valence-electron chi connectivity index (χ2n) is 7.42. The summed E-state index contributed by atoms with van der Waals surface area (Å²) < 4.78 is 5.32. The number of nitrogens with zero attached hydrogens (tertiary/aromatic N) is 1. The Labute approximate surface area is 150 Å². The van der Waals surface area contributed by atoms with Gasteiger partial charge in [-0.2, -0.15) is 0 Å². The molecule has 0 atom stereocenters. The number of ether oxygens (including phenoxy) is 1. The predicted octanol–water partition coefficient (Wildman–Crippen LogP) is 2.64. The van der Waals surface area contributed by atoms with Crippen LogP contribution in [0.4, 0.5) is 0 Å². The molecule has 1 heterocycles. The van der Waals surface area contributed by atoms with Crippen molar-refractivity contribution in [1.29, 1.82) is 0 Å². The van der Waals surface area contributed by atoms with E-state index in [0.29, 0.717) is 18.9 Å². The highest BCUT2D eigenvalue weighted by Crippen LogP contribution is 2.24. The maximum atomic E-state index is 12.7. The zero-order chi connectivity index (χ0) is 18.4. The normalized spacial score (nSPS) is 15.8. The number of para-hydroxylation sites is 1. The summed E-state index contributed by atoms with van der Waals surface area (Å²) in [5.74, 6) is 1.18. The zero-order valence-electron chi connectivity index (χ0n) is 15.8. The van der Waals surface area contributed by atoms with Gasteiger partial charge in [0, 0.05) is 19.6 Å². The van der Waals surface area contributed by atoms with Crippen molar-refractivity contribution in [2.45, 2.75) is 40.0 Å². The number of benzene rings is 1. The lowest BCUT2D eigenvalue weighted by molar-refractivity contribution is -0.149. The fourth-order valence-corrected chi connectivity index (χ4v) is 3.15. The molecule has 1 saturated heterocycles. The van der Waals surface area contributed by atoms with Gasteiger partial charge in [0.15, 0.2) is 0 Å². The Kier molecular flexibility index (Phi) is 6.45. The molecule has 2 amide bonds. The molecule has 0 bridgehead atoms. The largest absolute Gasteiger partial charge is 0.496 e. The minimum Gasteiger partial charge on any atom is -0.496 e. The molecule has 25 heavy (non-hydrogen) atoms. The van der Waals surface area contributed by atoms with Crippen LogP contribution in [0.1, 0.15) is 39.2 Å². The Hall–Kier alpha value is -2.04. The van der Waals surface area contributed by atoms with Gasteiger partial charge in [-0.05, 0) is 50.7 Å². The molecule has 0 radical (unpaired) electrons. The van der Waals surface area contributed by atoms with Gasteiger partial charge in [-0.1, -0.05) is 25.1 Å². The quantitative estimate of drug-likeness (QED) is 0.806. The average molecular weight is 346 g/mol. The van der Waals surface area contributed by atoms with Crippen LogP contribution in [0.2, 0.25) is 0 Å². The van der Waals surface area contributed by atoms with Crippen LogP contribution in [-0.4, -0.2) is 43.5 Å². The van der Waals surface area contributed by atoms with E-state index in [4.69, 9.17) is 4.74 Å². The Morgan fingerprint density at radius 1 is 1.24 bits per heavy atom. The summed E-state index contributed by atoms with van der Waals surface area (Å²) in [7, 11) is 1.64. The maximum absolute atomic E-state index is 12.7. The van der Waals surface area contributed by atoms with Crippen molar-refractivity contribution in [3.63, 3.8) is 0 Å². The first-order valence-electron chi connectivity index (χ1n) is 9.05. The van der Waals surface area contributed by atoms with Crippen molar-refractivity contribution in [2.75, 3.05) is 26.7 Å². The molecule has 0 saturated carbocycles. The van der Waals surface area contributed by atoms with Crippen molar-refractivity contribution >= 4 is 11.8 Å². The second-order valence-corrected chi connectivity index (χ2v) is 7.42. The minimum absolute atomic E-state index is 0.0748. The number of likely N-dealkylation sites (tertiary alicyclic amines) is 1. The summed E-state index contributed by atoms with van der Waals surface area (Å²) in [5.41, 5.74) is 0.000833. The number of carbonyl (C=O) groups excluding carboxylic acids is 2. The highest BCUT2D eigenvalue weighted by Gasteiger charge is 2.39. The van der Waals surface area contributed by atoms with Crippen LogP contribution >= 0.6 is 0 Å². The van der Waals surface area contributed by atoms with Crippen LogP contribution < -0.4 is 10.1 Å². The summed E-state index contributed by atoms with van der Waals surface area (Å²) in [4.78, 5) is 27.1. The first-order chi connectivity index (χ1) is 11.9. The lowest BCUT2D eigenvalue weighted by atomic mass is 9.88. The number of amides is 2. The highest BCUT2D eigenvalue weighted by molar-refractivity contribution is 6.04. The van der Waals surface area contributed by atoms with Gasteiger partial charge in [-0.25, -0.2) is 0 Å². The third-order valence-electron chi connectivity index (χ3n) is 5.05. The molecular formula is C20H30N2O3. The van der Waals surface area contributed by atoms with Crippen molar-refractivity contribution in [1.82, 2.24) is 10.2 Å². The van der Waals surface area contributed by atoms with Gasteiger partial charge in [-0.3, -0.25) is 9.59 Å². The third kappa shape index (κ3) is 4.74. The topological polar surface area (TPSA) is 58.6 Å². The van der Waals surface area contributed by atoms with Crippen molar-refractivity contribution < 1.29 is 14.3 Å². The van der Waals surface area contributed by atoms with Crippen LogP contribution in [0.15, 0.2) is 24.3 Å². The first-order valence-corrected chi connectivity index (χ1v) is 9.05. The molecular weight excluding hydrogens is 316 g/mol. The lowest BCUT2D eigenvalue weighted by Gasteiger charge is -2.35. The van der Waals surface area contributed by atoms with E-state index in [1.807, 2.05) is 29.2 Å². The Bertz CT molecular complexity index is 605. The van der Waals surface area contributed by atoms with E-state index in [9.17, 15) is 9.59 Å². The molecule has 1 aliphatic heterocycles. The van der Waals surface area contributed by atoms with Crippen molar-refractivity contribution in [3.8, 4) is 5.75 Å². The zero-order valence-corrected chi connectivity index (χ0v) is 15.8. The summed E-state index contributed by atoms with van der Waals surface area (Å²) >= 11 is 0. The molecule has 138 valence electrons. The van der Waals surface area contributed by atoms with E-state index in [2.05, 4.69) is 12.2 Å². The number of hydrogen-bond acceptors (Lipinski definition) is 3. The maximum Gasteiger partial charge on any atom is 0.237 e. The smallest absolute Gasteiger partial charge is 0.237 e. The molecule has 0 aliphatic carbocycles. The Balaban J connectivity index is 1.89. The average Bonchev–Trinajstić information content (AvgIpc) is 2.62. The van der Waals surface area contributed by atoms with Gasteiger partial charge < -0.3 is 15.0 Å². The van der Waals surface area contributed by atoms with Gasteiger partial charge in [-0.15, -0.1) is 0 Å². The third-order valence-corrected chi connectivity index (χ3v) is 5.05. The van der Waals surface area contributed by atoms with E-state index in [0.717, 1.165) is 37.2 Å². The van der Waals surface area contributed by atoms with Crippen LogP contribution in [0.25, 0.3) is 0 Å². The van der Waals surface area contributed by atoms with E-state index >= 15 is 0 Å². The minimum atomic E-state index is -1.04. The van der Waals surface area contributed by atoms with Crippen LogP contribution in [0.5, 0.6) is 5.75 Å². The summed E-state index contributed by atoms with van der Waals surface area (Å²) in [6.45, 7) is 7.61. The van der Waals surface area contributed by atoms with E-state index in [1.165, 1.54) is 0 Å². The Morgan fingerprint density at radius 2 is 1.88 bits per heavy atom. The molecule has 1 fully saturated rings. The molecule has 0 unspecified atom stereocenters. The number of nitrogens with one attached hydrogen (secondary N) is 1. The number of methoxy groups -OCH3 is 1. The monoisotopic (exact) mass is 346 g/mol. The summed E-state index contributed by atoms with van der Waals surface area (Å²) in [5, 5.41) is 2.91. The SMILES string of the molecule is COc1ccccc1CCNC(=O)C(C)(C)C(=O)N1CCC(C)CC1. The van der Waals surface area contributed by atoms with E-state index < -0.39 is 5.41 Å². The van der Waals surface area contributed by atoms with Crippen molar-refractivity contribution in [2.24, 2.45) is 11.3 Å². The molecule has 2 rings (SSSR count). The molecule has 1 aromatic carbocycles. The number of hydrogen-bond donors (Lipinski definition) is 1. The van der Waals surface area contributed by atoms with Crippen LogP contribution in [0.3, 0.4) is 0 Å². The van der Waals surface area contributed by atoms with Gasteiger partial charge in [0.25, 0.3) is 0 Å². The first kappa shape index (κ1) is 19.3. The van der Waals surface area contributed by atoms with Gasteiger partial charge in [0.2, 0.25) is 11.8 Å². The number of carbonyl (C=O) groups is 2. The second kappa shape index (κ2) is 8.37. The fraction of sp³-hybridized carbons (Fsp3) is 0.600. The van der Waals surface area contributed by atoms with E-state index in [1.54, 1.807) is 21.0 Å². The molecule has 5 heteroatoms. The fourth-order valence-electron chi connectivity index (χ4n) is 3.15. The highest BCUT2D eigenvalue weighted by atomic mass is 16.5. The molecule has 0 spiro atoms. The summed E-state index contributed by atoms with van der Waals surface area (Å²) in [6, 6.07) is 7.75.